The van der Waals surface area contributed by atoms with Gasteiger partial charge in [0.2, 0.25) is 0 Å². The van der Waals surface area contributed by atoms with Crippen LogP contribution in [0.2, 0.25) is 0 Å². The molecule has 0 radical (unpaired) electrons. The van der Waals surface area contributed by atoms with Crippen molar-refractivity contribution in [1.29, 1.82) is 0 Å². The molecular formula is C8H10N2O2S. The van der Waals surface area contributed by atoms with E-state index in [9.17, 15) is 9.90 Å². The molecule has 1 aromatic rings. The Hall–Kier alpha value is -0.940. The van der Waals surface area contributed by atoms with Gasteiger partial charge in [0.05, 0.1) is 17.7 Å². The molecule has 2 N–H and O–H groups in total. The largest absolute Gasteiger partial charge is 0.391 e. The molecule has 1 aliphatic carbocycles. The van der Waals surface area contributed by atoms with Crippen molar-refractivity contribution in [1.82, 2.24) is 10.3 Å². The molecule has 1 saturated carbocycles. The monoisotopic (exact) mass is 198 g/mol. The number of hydrogen-bond donors (Lipinski definition) is 2. The Balaban J connectivity index is 1.92. The molecule has 0 aromatic carbocycles. The molecule has 2 rings (SSSR count). The predicted octanol–water partition coefficient (Wildman–Crippen LogP) is 0.396. The quantitative estimate of drug-likeness (QED) is 0.723. The Morgan fingerprint density at radius 2 is 2.54 bits per heavy atom. The first kappa shape index (κ1) is 8.65. The van der Waals surface area contributed by atoms with Crippen LogP contribution in [0.5, 0.6) is 0 Å². The van der Waals surface area contributed by atoms with Crippen molar-refractivity contribution in [2.45, 2.75) is 25.0 Å². The first-order valence-electron chi connectivity index (χ1n) is 4.14. The van der Waals surface area contributed by atoms with Crippen LogP contribution in [0.3, 0.4) is 0 Å². The summed E-state index contributed by atoms with van der Waals surface area (Å²) in [7, 11) is 0. The van der Waals surface area contributed by atoms with Crippen molar-refractivity contribution in [2.24, 2.45) is 0 Å². The van der Waals surface area contributed by atoms with Crippen LogP contribution in [0.1, 0.15) is 23.3 Å². The molecule has 1 fully saturated rings. The number of nitrogens with one attached hydrogen (secondary N) is 1. The number of carbonyl (C=O) groups is 1. The molecule has 0 spiro atoms. The summed E-state index contributed by atoms with van der Waals surface area (Å²) in [4.78, 5) is 15.3. The second-order valence-electron chi connectivity index (χ2n) is 3.10. The van der Waals surface area contributed by atoms with Gasteiger partial charge in [0.15, 0.2) is 0 Å². The van der Waals surface area contributed by atoms with Crippen LogP contribution in [0.15, 0.2) is 10.9 Å². The predicted molar refractivity (Wildman–Crippen MR) is 48.6 cm³/mol. The van der Waals surface area contributed by atoms with E-state index in [1.165, 1.54) is 11.3 Å². The van der Waals surface area contributed by atoms with Gasteiger partial charge in [-0.3, -0.25) is 4.79 Å². The van der Waals surface area contributed by atoms with Crippen LogP contribution < -0.4 is 5.32 Å². The molecule has 0 aliphatic heterocycles. The number of thiazole rings is 1. The topological polar surface area (TPSA) is 62.2 Å². The molecule has 1 aliphatic rings. The summed E-state index contributed by atoms with van der Waals surface area (Å²) in [6.45, 7) is 0. The Bertz CT molecular complexity index is 299. The average molecular weight is 198 g/mol. The lowest BCUT2D eigenvalue weighted by atomic mass is 9.89. The summed E-state index contributed by atoms with van der Waals surface area (Å²) >= 11 is 1.39. The lowest BCUT2D eigenvalue weighted by Gasteiger charge is -2.32. The molecule has 1 heterocycles. The fraction of sp³-hybridized carbons (Fsp3) is 0.500. The van der Waals surface area contributed by atoms with E-state index in [-0.39, 0.29) is 18.1 Å². The van der Waals surface area contributed by atoms with Crippen LogP contribution in [-0.2, 0) is 0 Å². The normalized spacial score (nSPS) is 26.5. The Labute approximate surface area is 79.6 Å². The summed E-state index contributed by atoms with van der Waals surface area (Å²) in [5, 5.41) is 13.6. The van der Waals surface area contributed by atoms with E-state index in [2.05, 4.69) is 10.3 Å². The number of carbonyl (C=O) groups excluding carboxylic acids is 1. The molecular weight excluding hydrogens is 188 g/mol. The molecule has 0 bridgehead atoms. The lowest BCUT2D eigenvalue weighted by Crippen LogP contribution is -2.50. The number of aliphatic hydroxyl groups is 1. The number of hydrogen-bond acceptors (Lipinski definition) is 4. The van der Waals surface area contributed by atoms with Crippen LogP contribution in [0.4, 0.5) is 0 Å². The zero-order valence-electron chi connectivity index (χ0n) is 6.93. The molecule has 4 nitrogen and oxygen atoms in total. The highest BCUT2D eigenvalue weighted by atomic mass is 32.1. The summed E-state index contributed by atoms with van der Waals surface area (Å²) in [5.41, 5.74) is 2.05. The smallest absolute Gasteiger partial charge is 0.271 e. The van der Waals surface area contributed by atoms with Gasteiger partial charge in [-0.05, 0) is 12.8 Å². The van der Waals surface area contributed by atoms with Crippen molar-refractivity contribution >= 4 is 17.2 Å². The van der Waals surface area contributed by atoms with Gasteiger partial charge in [-0.1, -0.05) is 0 Å². The number of aliphatic hydroxyl groups excluding tert-OH is 1. The third-order valence-electron chi connectivity index (χ3n) is 2.22. The Kier molecular flexibility index (Phi) is 2.28. The van der Waals surface area contributed by atoms with Crippen molar-refractivity contribution in [3.8, 4) is 0 Å². The molecule has 5 heteroatoms. The minimum Gasteiger partial charge on any atom is -0.391 e. The van der Waals surface area contributed by atoms with Gasteiger partial charge < -0.3 is 10.4 Å². The van der Waals surface area contributed by atoms with E-state index in [0.29, 0.717) is 5.69 Å². The lowest BCUT2D eigenvalue weighted by molar-refractivity contribution is 0.0446. The van der Waals surface area contributed by atoms with Crippen molar-refractivity contribution in [3.05, 3.63) is 16.6 Å². The van der Waals surface area contributed by atoms with Crippen molar-refractivity contribution in [2.75, 3.05) is 0 Å². The van der Waals surface area contributed by atoms with Gasteiger partial charge in [-0.2, -0.15) is 0 Å². The molecule has 2 unspecified atom stereocenters. The van der Waals surface area contributed by atoms with Gasteiger partial charge in [-0.25, -0.2) is 4.98 Å². The summed E-state index contributed by atoms with van der Waals surface area (Å²) < 4.78 is 0. The third kappa shape index (κ3) is 1.71. The van der Waals surface area contributed by atoms with Gasteiger partial charge in [0.1, 0.15) is 5.69 Å². The average Bonchev–Trinajstić information content (AvgIpc) is 2.64. The molecule has 0 saturated heterocycles. The zero-order chi connectivity index (χ0) is 9.26. The van der Waals surface area contributed by atoms with Crippen molar-refractivity contribution < 1.29 is 9.90 Å². The molecule has 13 heavy (non-hydrogen) atoms. The van der Waals surface area contributed by atoms with E-state index < -0.39 is 0 Å². The molecule has 1 amide bonds. The Morgan fingerprint density at radius 3 is 3.00 bits per heavy atom. The maximum absolute atomic E-state index is 11.4. The van der Waals surface area contributed by atoms with Crippen molar-refractivity contribution in [3.63, 3.8) is 0 Å². The first-order chi connectivity index (χ1) is 6.27. The van der Waals surface area contributed by atoms with E-state index in [1.54, 1.807) is 10.9 Å². The molecule has 1 aromatic heterocycles. The number of aromatic nitrogens is 1. The highest BCUT2D eigenvalue weighted by molar-refractivity contribution is 7.07. The second-order valence-corrected chi connectivity index (χ2v) is 3.82. The number of amides is 1. The minimum atomic E-state index is -0.373. The van der Waals surface area contributed by atoms with Gasteiger partial charge in [-0.15, -0.1) is 11.3 Å². The van der Waals surface area contributed by atoms with E-state index in [4.69, 9.17) is 0 Å². The Morgan fingerprint density at radius 1 is 1.69 bits per heavy atom. The maximum atomic E-state index is 11.4. The summed E-state index contributed by atoms with van der Waals surface area (Å²) in [5.74, 6) is -0.190. The fourth-order valence-corrected chi connectivity index (χ4v) is 1.75. The zero-order valence-corrected chi connectivity index (χ0v) is 7.75. The fourth-order valence-electron chi connectivity index (χ4n) is 1.22. The van der Waals surface area contributed by atoms with E-state index >= 15 is 0 Å². The number of nitrogens with zero attached hydrogens (tertiary/aromatic N) is 1. The van der Waals surface area contributed by atoms with Crippen LogP contribution in [-0.4, -0.2) is 28.1 Å². The van der Waals surface area contributed by atoms with E-state index in [0.717, 1.165) is 12.8 Å². The molecule has 70 valence electrons. The highest BCUT2D eigenvalue weighted by Gasteiger charge is 2.30. The van der Waals surface area contributed by atoms with Gasteiger partial charge in [0.25, 0.3) is 5.91 Å². The SMILES string of the molecule is O=C(NC1CCC1O)c1cscn1. The minimum absolute atomic E-state index is 0.0748. The summed E-state index contributed by atoms with van der Waals surface area (Å²) in [6.07, 6.45) is 1.27. The number of rotatable bonds is 2. The maximum Gasteiger partial charge on any atom is 0.271 e. The highest BCUT2D eigenvalue weighted by Crippen LogP contribution is 2.19. The van der Waals surface area contributed by atoms with E-state index in [1.807, 2.05) is 0 Å². The van der Waals surface area contributed by atoms with Crippen LogP contribution in [0.25, 0.3) is 0 Å². The first-order valence-corrected chi connectivity index (χ1v) is 5.09. The van der Waals surface area contributed by atoms with Gasteiger partial charge in [0, 0.05) is 5.38 Å². The van der Waals surface area contributed by atoms with Crippen LogP contribution in [0, 0.1) is 0 Å². The molecule has 2 atom stereocenters. The second kappa shape index (κ2) is 3.43. The van der Waals surface area contributed by atoms with Gasteiger partial charge >= 0.3 is 0 Å². The summed E-state index contributed by atoms with van der Waals surface area (Å²) in [6, 6.07) is -0.0748. The third-order valence-corrected chi connectivity index (χ3v) is 2.81. The van der Waals surface area contributed by atoms with Crippen LogP contribution >= 0.6 is 11.3 Å². The standard InChI is InChI=1S/C8H10N2O2S/c11-7-2-1-5(7)10-8(12)6-3-13-4-9-6/h3-5,7,11H,1-2H2,(H,10,12).